The first kappa shape index (κ1) is 19.8. The highest BCUT2D eigenvalue weighted by molar-refractivity contribution is 7.89. The fourth-order valence-corrected chi connectivity index (χ4v) is 3.70. The number of methoxy groups -OCH3 is 1. The summed E-state index contributed by atoms with van der Waals surface area (Å²) in [6, 6.07) is 8.92. The highest BCUT2D eigenvalue weighted by Gasteiger charge is 2.21. The van der Waals surface area contributed by atoms with Gasteiger partial charge in [-0.25, -0.2) is 17.9 Å². The van der Waals surface area contributed by atoms with Gasteiger partial charge in [-0.1, -0.05) is 0 Å². The van der Waals surface area contributed by atoms with Crippen LogP contribution in [0.3, 0.4) is 0 Å². The van der Waals surface area contributed by atoms with Crippen LogP contribution in [0.15, 0.2) is 41.3 Å². The van der Waals surface area contributed by atoms with E-state index < -0.39 is 22.6 Å². The number of Topliss-reactive ketones (excluding diaryl/α,β-unsaturated/α-hetero) is 1. The largest absolute Gasteiger partial charge is 0.495 e. The Hall–Kier alpha value is -2.91. The molecule has 9 heteroatoms. The average molecular weight is 405 g/mol. The van der Waals surface area contributed by atoms with E-state index in [1.165, 1.54) is 26.3 Å². The molecule has 1 aliphatic heterocycles. The van der Waals surface area contributed by atoms with Crippen LogP contribution in [0.25, 0.3) is 0 Å². The lowest BCUT2D eigenvalue weighted by molar-refractivity contribution is 0.0474. The molecule has 0 unspecified atom stereocenters. The molecule has 0 fully saturated rings. The fourth-order valence-electron chi connectivity index (χ4n) is 2.78. The molecule has 2 aromatic carbocycles. The van der Waals surface area contributed by atoms with Crippen LogP contribution in [-0.4, -0.2) is 47.5 Å². The number of sulfonamides is 1. The highest BCUT2D eigenvalue weighted by Crippen LogP contribution is 2.27. The number of fused-ring (bicyclic) bond motifs is 1. The maximum Gasteiger partial charge on any atom is 0.338 e. The molecule has 0 spiro atoms. The van der Waals surface area contributed by atoms with Crippen molar-refractivity contribution in [2.45, 2.75) is 11.3 Å². The number of benzene rings is 2. The predicted octanol–water partition coefficient (Wildman–Crippen LogP) is 1.58. The maximum atomic E-state index is 12.3. The van der Waals surface area contributed by atoms with Gasteiger partial charge in [-0.3, -0.25) is 4.79 Å². The third kappa shape index (κ3) is 4.00. The number of nitrogens with one attached hydrogen (secondary N) is 1. The normalized spacial score (nSPS) is 12.8. The minimum absolute atomic E-state index is 0.00946. The second-order valence-corrected chi connectivity index (χ2v) is 7.85. The number of rotatable bonds is 7. The van der Waals surface area contributed by atoms with Gasteiger partial charge in [0.25, 0.3) is 0 Å². The molecule has 3 rings (SSSR count). The summed E-state index contributed by atoms with van der Waals surface area (Å²) in [5.74, 6) is -0.333. The van der Waals surface area contributed by atoms with Crippen molar-refractivity contribution >= 4 is 21.8 Å². The van der Waals surface area contributed by atoms with Crippen molar-refractivity contribution in [3.63, 3.8) is 0 Å². The summed E-state index contributed by atoms with van der Waals surface area (Å²) in [6.07, 6.45) is 0.727. The van der Waals surface area contributed by atoms with E-state index in [1.807, 2.05) is 0 Å². The summed E-state index contributed by atoms with van der Waals surface area (Å²) >= 11 is 0. The van der Waals surface area contributed by atoms with Crippen molar-refractivity contribution in [1.29, 1.82) is 0 Å². The van der Waals surface area contributed by atoms with E-state index >= 15 is 0 Å². The third-order valence-corrected chi connectivity index (χ3v) is 5.74. The number of ketones is 1. The molecule has 1 N–H and O–H groups in total. The molecule has 148 valence electrons. The minimum Gasteiger partial charge on any atom is -0.495 e. The number of carbonyl (C=O) groups excluding carboxylic acids is 2. The van der Waals surface area contributed by atoms with E-state index in [9.17, 15) is 18.0 Å². The van der Waals surface area contributed by atoms with Crippen LogP contribution in [0.5, 0.6) is 11.5 Å². The molecule has 8 nitrogen and oxygen atoms in total. The maximum absolute atomic E-state index is 12.3. The average Bonchev–Trinajstić information content (AvgIpc) is 3.19. The standard InChI is InChI=1S/C19H19NO7S/c1-20-28(23,24)18-10-14(4-6-17(18)25-2)19(22)27-11-15(21)12-3-5-16-13(9-12)7-8-26-16/h3-6,9-10,20H,7-8,11H2,1-2H3. The van der Waals surface area contributed by atoms with Crippen molar-refractivity contribution in [1.82, 2.24) is 4.72 Å². The lowest BCUT2D eigenvalue weighted by Crippen LogP contribution is -2.20. The first-order valence-electron chi connectivity index (χ1n) is 8.43. The molecular weight excluding hydrogens is 386 g/mol. The number of ether oxygens (including phenoxy) is 3. The van der Waals surface area contributed by atoms with E-state index in [2.05, 4.69) is 4.72 Å². The Kier molecular flexibility index (Phi) is 5.66. The van der Waals surface area contributed by atoms with Crippen molar-refractivity contribution in [2.24, 2.45) is 0 Å². The lowest BCUT2D eigenvalue weighted by atomic mass is 10.1. The molecule has 0 amide bonds. The molecule has 0 saturated heterocycles. The fraction of sp³-hybridized carbons (Fsp3) is 0.263. The first-order valence-corrected chi connectivity index (χ1v) is 9.91. The van der Waals surface area contributed by atoms with Crippen LogP contribution in [0, 0.1) is 0 Å². The zero-order valence-electron chi connectivity index (χ0n) is 15.4. The van der Waals surface area contributed by atoms with Crippen LogP contribution in [-0.2, 0) is 21.2 Å². The van der Waals surface area contributed by atoms with Crippen LogP contribution >= 0.6 is 0 Å². The molecule has 1 heterocycles. The van der Waals surface area contributed by atoms with E-state index in [1.54, 1.807) is 18.2 Å². The third-order valence-electron chi connectivity index (χ3n) is 4.30. The zero-order chi connectivity index (χ0) is 20.3. The summed E-state index contributed by atoms with van der Waals surface area (Å²) in [6.45, 7) is 0.121. The van der Waals surface area contributed by atoms with Gasteiger partial charge >= 0.3 is 5.97 Å². The van der Waals surface area contributed by atoms with Gasteiger partial charge in [0.05, 0.1) is 19.3 Å². The van der Waals surface area contributed by atoms with Crippen LogP contribution in [0.4, 0.5) is 0 Å². The van der Waals surface area contributed by atoms with Crippen molar-refractivity contribution in [2.75, 3.05) is 27.4 Å². The van der Waals surface area contributed by atoms with Crippen LogP contribution in [0.1, 0.15) is 26.3 Å². The second-order valence-electron chi connectivity index (χ2n) is 5.99. The molecular formula is C19H19NO7S. The number of carbonyl (C=O) groups is 2. The number of esters is 1. The predicted molar refractivity (Wildman–Crippen MR) is 99.5 cm³/mol. The van der Waals surface area contributed by atoms with Gasteiger partial charge in [0.2, 0.25) is 10.0 Å². The molecule has 0 bridgehead atoms. The SMILES string of the molecule is CNS(=O)(=O)c1cc(C(=O)OCC(=O)c2ccc3c(c2)CCO3)ccc1OC. The number of hydrogen-bond acceptors (Lipinski definition) is 7. The minimum atomic E-state index is -3.84. The number of hydrogen-bond donors (Lipinski definition) is 1. The smallest absolute Gasteiger partial charge is 0.338 e. The Bertz CT molecular complexity index is 1030. The second kappa shape index (κ2) is 7.99. The Morgan fingerprint density at radius 2 is 1.89 bits per heavy atom. The van der Waals surface area contributed by atoms with E-state index in [-0.39, 0.29) is 22.0 Å². The summed E-state index contributed by atoms with van der Waals surface area (Å²) < 4.78 is 41.8. The van der Waals surface area contributed by atoms with Crippen LogP contribution in [0.2, 0.25) is 0 Å². The van der Waals surface area contributed by atoms with Gasteiger partial charge in [-0.05, 0) is 49.0 Å². The van der Waals surface area contributed by atoms with Gasteiger partial charge in [0.15, 0.2) is 12.4 Å². The molecule has 0 saturated carbocycles. The summed E-state index contributed by atoms with van der Waals surface area (Å²) in [7, 11) is -1.27. The topological polar surface area (TPSA) is 108 Å². The molecule has 28 heavy (non-hydrogen) atoms. The Labute approximate surface area is 162 Å². The van der Waals surface area contributed by atoms with Gasteiger partial charge < -0.3 is 14.2 Å². The molecule has 0 aromatic heterocycles. The van der Waals surface area contributed by atoms with Crippen molar-refractivity contribution in [3.05, 3.63) is 53.1 Å². The lowest BCUT2D eigenvalue weighted by Gasteiger charge is -2.11. The van der Waals surface area contributed by atoms with Gasteiger partial charge in [0.1, 0.15) is 16.4 Å². The van der Waals surface area contributed by atoms with Gasteiger partial charge in [-0.2, -0.15) is 0 Å². The molecule has 2 aromatic rings. The van der Waals surface area contributed by atoms with Crippen molar-refractivity contribution < 1.29 is 32.2 Å². The Morgan fingerprint density at radius 3 is 2.61 bits per heavy atom. The zero-order valence-corrected chi connectivity index (χ0v) is 16.2. The Balaban J connectivity index is 1.73. The molecule has 0 aliphatic carbocycles. The van der Waals surface area contributed by atoms with Crippen LogP contribution < -0.4 is 14.2 Å². The Morgan fingerprint density at radius 1 is 1.14 bits per heavy atom. The molecule has 1 aliphatic rings. The quantitative estimate of drug-likeness (QED) is 0.550. The van der Waals surface area contributed by atoms with E-state index in [0.717, 1.165) is 23.8 Å². The van der Waals surface area contributed by atoms with Crippen molar-refractivity contribution in [3.8, 4) is 11.5 Å². The summed E-state index contributed by atoms with van der Waals surface area (Å²) in [5.41, 5.74) is 1.35. The molecule has 0 atom stereocenters. The van der Waals surface area contributed by atoms with Gasteiger partial charge in [0, 0.05) is 12.0 Å². The first-order chi connectivity index (χ1) is 13.4. The van der Waals surface area contributed by atoms with E-state index in [4.69, 9.17) is 14.2 Å². The summed E-state index contributed by atoms with van der Waals surface area (Å²) in [4.78, 5) is 24.4. The molecule has 0 radical (unpaired) electrons. The highest BCUT2D eigenvalue weighted by atomic mass is 32.2. The summed E-state index contributed by atoms with van der Waals surface area (Å²) in [5, 5.41) is 0. The monoisotopic (exact) mass is 405 g/mol. The van der Waals surface area contributed by atoms with E-state index in [0.29, 0.717) is 12.2 Å². The van der Waals surface area contributed by atoms with Gasteiger partial charge in [-0.15, -0.1) is 0 Å².